The van der Waals surface area contributed by atoms with Crippen LogP contribution in [0.3, 0.4) is 0 Å². The molecule has 0 bridgehead atoms. The van der Waals surface area contributed by atoms with Crippen LogP contribution in [0, 0.1) is 5.82 Å². The second kappa shape index (κ2) is 8.46. The van der Waals surface area contributed by atoms with E-state index in [1.165, 1.54) is 41.3 Å². The van der Waals surface area contributed by atoms with Gasteiger partial charge in [-0.1, -0.05) is 0 Å². The number of benzene rings is 1. The first kappa shape index (κ1) is 21.6. The van der Waals surface area contributed by atoms with E-state index in [0.717, 1.165) is 0 Å². The summed E-state index contributed by atoms with van der Waals surface area (Å²) in [7, 11) is 0. The molecule has 1 fully saturated rings. The lowest BCUT2D eigenvalue weighted by molar-refractivity contribution is -0.893. The van der Waals surface area contributed by atoms with Gasteiger partial charge in [-0.15, -0.1) is 10.2 Å². The average molecular weight is 444 g/mol. The molecule has 4 rings (SSSR count). The van der Waals surface area contributed by atoms with Crippen LogP contribution in [-0.4, -0.2) is 67.3 Å². The predicted octanol–water partition coefficient (Wildman–Crippen LogP) is 2.20. The van der Waals surface area contributed by atoms with Gasteiger partial charge < -0.3 is 9.15 Å². The third-order valence-corrected chi connectivity index (χ3v) is 5.83. The van der Waals surface area contributed by atoms with Crippen molar-refractivity contribution in [2.45, 2.75) is 33.5 Å². The van der Waals surface area contributed by atoms with Crippen molar-refractivity contribution in [3.8, 4) is 11.5 Å². The van der Waals surface area contributed by atoms with Crippen molar-refractivity contribution in [2.24, 2.45) is 0 Å². The maximum absolute atomic E-state index is 14.9. The van der Waals surface area contributed by atoms with E-state index in [2.05, 4.69) is 20.3 Å². The molecule has 1 aliphatic rings. The molecular formula is C20H23FN7O4+. The van der Waals surface area contributed by atoms with Gasteiger partial charge in [0.15, 0.2) is 0 Å². The molecule has 1 aromatic carbocycles. The van der Waals surface area contributed by atoms with Gasteiger partial charge in [-0.2, -0.15) is 5.10 Å². The normalized spacial score (nSPS) is 16.4. The highest BCUT2D eigenvalue weighted by Gasteiger charge is 2.48. The number of likely N-dealkylation sites (N-methyl/N-ethyl adjacent to an activating group) is 1. The number of halogens is 1. The van der Waals surface area contributed by atoms with Gasteiger partial charge >= 0.3 is 12.0 Å². The third-order valence-electron chi connectivity index (χ3n) is 5.83. The smallest absolute Gasteiger partial charge is 0.419 e. The van der Waals surface area contributed by atoms with Crippen molar-refractivity contribution in [2.75, 3.05) is 24.5 Å². The molecule has 168 valence electrons. The quantitative estimate of drug-likeness (QED) is 0.509. The molecule has 3 heterocycles. The van der Waals surface area contributed by atoms with Crippen molar-refractivity contribution in [3.63, 3.8) is 0 Å². The minimum atomic E-state index is -0.659. The number of hydrogen-bond acceptors (Lipinski definition) is 8. The van der Waals surface area contributed by atoms with E-state index in [0.29, 0.717) is 18.8 Å². The first-order valence-corrected chi connectivity index (χ1v) is 10.2. The summed E-state index contributed by atoms with van der Waals surface area (Å²) >= 11 is 0. The van der Waals surface area contributed by atoms with E-state index in [9.17, 15) is 14.0 Å². The number of carbonyl (C=O) groups is 2. The second-order valence-corrected chi connectivity index (χ2v) is 7.39. The Morgan fingerprint density at radius 2 is 2.06 bits per heavy atom. The van der Waals surface area contributed by atoms with Gasteiger partial charge in [-0.25, -0.2) is 28.1 Å². The van der Waals surface area contributed by atoms with E-state index >= 15 is 0 Å². The maximum atomic E-state index is 14.9. The Morgan fingerprint density at radius 3 is 2.69 bits per heavy atom. The minimum Gasteiger partial charge on any atom is -0.419 e. The van der Waals surface area contributed by atoms with E-state index in [-0.39, 0.29) is 40.8 Å². The summed E-state index contributed by atoms with van der Waals surface area (Å²) in [5.41, 5.74) is 0.418. The number of anilines is 1. The highest BCUT2D eigenvalue weighted by atomic mass is 19.1. The van der Waals surface area contributed by atoms with Gasteiger partial charge in [0.05, 0.1) is 31.3 Å². The number of hydrogen-bond donors (Lipinski definition) is 0. The monoisotopic (exact) mass is 444 g/mol. The summed E-state index contributed by atoms with van der Waals surface area (Å²) in [6.45, 7) is 6.55. The molecule has 32 heavy (non-hydrogen) atoms. The fourth-order valence-corrected chi connectivity index (χ4v) is 3.92. The van der Waals surface area contributed by atoms with Crippen molar-refractivity contribution < 1.29 is 27.6 Å². The van der Waals surface area contributed by atoms with Crippen LogP contribution in [0.15, 0.2) is 35.3 Å². The molecule has 3 aromatic rings. The van der Waals surface area contributed by atoms with E-state index < -0.39 is 18.1 Å². The van der Waals surface area contributed by atoms with Gasteiger partial charge in [0.2, 0.25) is 5.89 Å². The van der Waals surface area contributed by atoms with Crippen LogP contribution >= 0.6 is 0 Å². The lowest BCUT2D eigenvalue weighted by Gasteiger charge is -2.36. The van der Waals surface area contributed by atoms with Crippen molar-refractivity contribution >= 4 is 17.7 Å². The Labute approximate surface area is 183 Å². The van der Waals surface area contributed by atoms with Gasteiger partial charge in [-0.05, 0) is 32.0 Å². The van der Waals surface area contributed by atoms with Crippen molar-refractivity contribution in [1.82, 2.24) is 25.0 Å². The number of aromatic nitrogens is 5. The summed E-state index contributed by atoms with van der Waals surface area (Å²) in [6.07, 6.45) is 1.59. The minimum absolute atomic E-state index is 0.00951. The number of carbonyl (C=O) groups excluding carboxylic acids is 2. The van der Waals surface area contributed by atoms with Crippen molar-refractivity contribution in [3.05, 3.63) is 42.6 Å². The van der Waals surface area contributed by atoms with Gasteiger partial charge in [0.1, 0.15) is 31.6 Å². The first-order valence-electron chi connectivity index (χ1n) is 10.2. The van der Waals surface area contributed by atoms with Gasteiger partial charge in [0, 0.05) is 0 Å². The molecule has 2 aromatic heterocycles. The molecule has 0 radical (unpaired) electrons. The Kier molecular flexibility index (Phi) is 5.70. The number of nitrogens with zero attached hydrogens (tertiary/aromatic N) is 7. The maximum Gasteiger partial charge on any atom is 0.419 e. The largest absolute Gasteiger partial charge is 0.419 e. The molecule has 0 unspecified atom stereocenters. The summed E-state index contributed by atoms with van der Waals surface area (Å²) in [4.78, 5) is 30.0. The number of cyclic esters (lactones) is 1. The number of ether oxygens (including phenoxy) is 1. The Morgan fingerprint density at radius 1 is 1.28 bits per heavy atom. The highest BCUT2D eigenvalue weighted by Crippen LogP contribution is 2.31. The fourth-order valence-electron chi connectivity index (χ4n) is 3.92. The molecule has 1 saturated heterocycles. The summed E-state index contributed by atoms with van der Waals surface area (Å²) in [5, 5.41) is 11.7. The number of quaternary nitrogens is 1. The zero-order valence-electron chi connectivity index (χ0n) is 17.9. The van der Waals surface area contributed by atoms with Crippen LogP contribution in [0.1, 0.15) is 26.7 Å². The van der Waals surface area contributed by atoms with E-state index in [1.807, 2.05) is 13.8 Å². The standard InChI is InChI=1S/C20H23FN7O4/c1-4-28(5-2,13(3)29)18-10-27(20(30)32-18)14-6-7-15(16(21)8-14)19-25-24-17(31-19)9-26-12-22-11-23-26/h6-8,11-12,18H,4-5,9-10H2,1-3H3/q+1/t18-/m0/s1. The van der Waals surface area contributed by atoms with Crippen LogP contribution in [0.2, 0.25) is 0 Å². The van der Waals surface area contributed by atoms with Crippen molar-refractivity contribution in [1.29, 1.82) is 0 Å². The van der Waals surface area contributed by atoms with Gasteiger partial charge in [-0.3, -0.25) is 4.90 Å². The second-order valence-electron chi connectivity index (χ2n) is 7.39. The molecule has 1 aliphatic heterocycles. The highest BCUT2D eigenvalue weighted by molar-refractivity contribution is 5.90. The molecular weight excluding hydrogens is 421 g/mol. The molecule has 12 heteroatoms. The molecule has 2 amide bonds. The van der Waals surface area contributed by atoms with Crippen LogP contribution < -0.4 is 4.90 Å². The van der Waals surface area contributed by atoms with Crippen LogP contribution in [0.25, 0.3) is 11.5 Å². The Bertz CT molecular complexity index is 1130. The molecule has 0 spiro atoms. The molecule has 0 aliphatic carbocycles. The average Bonchev–Trinajstić information content (AvgIpc) is 3.52. The summed E-state index contributed by atoms with van der Waals surface area (Å²) in [6, 6.07) is 4.25. The van der Waals surface area contributed by atoms with Crippen LogP contribution in [0.5, 0.6) is 0 Å². The first-order chi connectivity index (χ1) is 15.4. The number of amides is 2. The number of rotatable bonds is 7. The molecule has 1 atom stereocenters. The van der Waals surface area contributed by atoms with E-state index in [1.54, 1.807) is 6.07 Å². The zero-order valence-corrected chi connectivity index (χ0v) is 17.9. The van der Waals surface area contributed by atoms with E-state index in [4.69, 9.17) is 9.15 Å². The topological polar surface area (TPSA) is 116 Å². The Hall–Kier alpha value is -3.67. The van der Waals surface area contributed by atoms with Gasteiger partial charge in [0.25, 0.3) is 12.1 Å². The summed E-state index contributed by atoms with van der Waals surface area (Å²) in [5.74, 6) is -0.463. The molecule has 0 saturated carbocycles. The SMILES string of the molecule is CC[N+](CC)(C(C)=O)[C@@H]1CN(c2ccc(-c3nnc(Cn4cncn4)o3)c(F)c2)C(=O)O1. The lowest BCUT2D eigenvalue weighted by atomic mass is 10.1. The third kappa shape index (κ3) is 3.73. The fraction of sp³-hybridized carbons (Fsp3) is 0.400. The molecule has 0 N–H and O–H groups in total. The summed E-state index contributed by atoms with van der Waals surface area (Å²) < 4.78 is 27.5. The Balaban J connectivity index is 1.54. The predicted molar refractivity (Wildman–Crippen MR) is 108 cm³/mol. The van der Waals surface area contributed by atoms with Crippen LogP contribution in [0.4, 0.5) is 14.9 Å². The zero-order chi connectivity index (χ0) is 22.9. The lowest BCUT2D eigenvalue weighted by Crippen LogP contribution is -2.59. The van der Waals surface area contributed by atoms with Crippen LogP contribution in [-0.2, 0) is 16.1 Å². The molecule has 11 nitrogen and oxygen atoms in total.